The predicted molar refractivity (Wildman–Crippen MR) is 73.3 cm³/mol. The van der Waals surface area contributed by atoms with E-state index in [1.807, 2.05) is 20.8 Å². The highest BCUT2D eigenvalue weighted by Gasteiger charge is 2.32. The Morgan fingerprint density at radius 2 is 1.58 bits per heavy atom. The number of rotatable bonds is 1. The maximum atomic E-state index is 13.1. The molecule has 0 atom stereocenters. The Bertz CT molecular complexity index is 532. The smallest absolute Gasteiger partial charge is 0.166 e. The molecule has 0 fully saturated rings. The van der Waals surface area contributed by atoms with Gasteiger partial charge in [0.15, 0.2) is 0 Å². The van der Waals surface area contributed by atoms with Gasteiger partial charge in [-0.15, -0.1) is 0 Å². The fourth-order valence-corrected chi connectivity index (χ4v) is 2.01. The molecule has 19 heavy (non-hydrogen) atoms. The molecule has 1 aromatic carbocycles. The molecule has 1 aromatic rings. The maximum absolute atomic E-state index is 13.1. The van der Waals surface area contributed by atoms with Crippen molar-refractivity contribution in [3.63, 3.8) is 0 Å². The summed E-state index contributed by atoms with van der Waals surface area (Å²) < 4.78 is 55.0. The van der Waals surface area contributed by atoms with E-state index in [0.29, 0.717) is 17.5 Å². The van der Waals surface area contributed by atoms with Crippen LogP contribution in [0.15, 0.2) is 18.2 Å². The van der Waals surface area contributed by atoms with Gasteiger partial charge >= 0.3 is 6.18 Å². The number of hydrogen-bond donors (Lipinski definition) is 0. The topological polar surface area (TPSA) is 0 Å². The zero-order valence-electron chi connectivity index (χ0n) is 14.4. The summed E-state index contributed by atoms with van der Waals surface area (Å²) in [6.45, 7) is 11.4. The number of hydrogen-bond acceptors (Lipinski definition) is 0. The van der Waals surface area contributed by atoms with Crippen LogP contribution < -0.4 is 0 Å². The van der Waals surface area contributed by atoms with Crippen molar-refractivity contribution in [2.75, 3.05) is 0 Å². The quantitative estimate of drug-likeness (QED) is 0.626. The molecule has 0 nitrogen and oxygen atoms in total. The first-order valence-corrected chi connectivity index (χ1v) is 6.35. The van der Waals surface area contributed by atoms with E-state index in [1.54, 1.807) is 20.8 Å². The molecule has 0 spiro atoms. The molecule has 1 rings (SSSR count). The van der Waals surface area contributed by atoms with Crippen molar-refractivity contribution >= 4 is 0 Å². The van der Waals surface area contributed by atoms with Gasteiger partial charge in [0, 0.05) is 0 Å². The van der Waals surface area contributed by atoms with Gasteiger partial charge in [0.2, 0.25) is 0 Å². The monoisotopic (exact) mass is 274 g/mol. The zero-order valence-corrected chi connectivity index (χ0v) is 12.4. The summed E-state index contributed by atoms with van der Waals surface area (Å²) in [5, 5.41) is 0. The summed E-state index contributed by atoms with van der Waals surface area (Å²) in [5.41, 5.74) is -0.784. The summed E-state index contributed by atoms with van der Waals surface area (Å²) in [6, 6.07) is 0.119. The van der Waals surface area contributed by atoms with Gasteiger partial charge in [-0.25, -0.2) is 0 Å². The van der Waals surface area contributed by atoms with Crippen LogP contribution in [0.5, 0.6) is 0 Å². The summed E-state index contributed by atoms with van der Waals surface area (Å²) in [5.74, 6) is 0. The molecule has 0 aromatic heterocycles. The van der Waals surface area contributed by atoms with Crippen molar-refractivity contribution in [1.29, 1.82) is 0 Å². The summed E-state index contributed by atoms with van der Waals surface area (Å²) in [4.78, 5) is 0. The van der Waals surface area contributed by atoms with E-state index in [1.165, 1.54) is 6.07 Å². The molecule has 0 amide bonds. The van der Waals surface area contributed by atoms with E-state index in [9.17, 15) is 13.2 Å². The summed E-state index contributed by atoms with van der Waals surface area (Å²) in [7, 11) is 0. The average Bonchev–Trinajstić information content (AvgIpc) is 2.07. The lowest BCUT2D eigenvalue weighted by molar-refractivity contribution is -0.137. The normalized spacial score (nSPS) is 15.2. The van der Waals surface area contributed by atoms with Gasteiger partial charge < -0.3 is 0 Å². The van der Waals surface area contributed by atoms with Gasteiger partial charge in [0.25, 0.3) is 0 Å². The first-order chi connectivity index (χ1) is 9.14. The molecule has 0 bridgehead atoms. The molecular formula is C16H23F3. The molecule has 0 saturated carbocycles. The molecule has 0 unspecified atom stereocenters. The number of benzene rings is 1. The number of halogens is 3. The minimum Gasteiger partial charge on any atom is -0.166 e. The van der Waals surface area contributed by atoms with Gasteiger partial charge in [-0.1, -0.05) is 47.6 Å². The Balaban J connectivity index is 3.69. The molecule has 0 N–H and O–H groups in total. The van der Waals surface area contributed by atoms with Crippen LogP contribution in [0.1, 0.15) is 61.0 Å². The maximum Gasteiger partial charge on any atom is 0.416 e. The lowest BCUT2D eigenvalue weighted by Crippen LogP contribution is -2.20. The number of alkyl halides is 3. The van der Waals surface area contributed by atoms with Crippen LogP contribution in [0.2, 0.25) is 0 Å². The van der Waals surface area contributed by atoms with Crippen molar-refractivity contribution in [3.8, 4) is 0 Å². The fraction of sp³-hybridized carbons (Fsp3) is 0.625. The van der Waals surface area contributed by atoms with Gasteiger partial charge in [0.05, 0.1) is 8.30 Å². The van der Waals surface area contributed by atoms with Crippen LogP contribution in [-0.2, 0) is 18.0 Å². The second-order valence-electron chi connectivity index (χ2n) is 7.17. The minimum atomic E-state index is -4.67. The molecule has 0 aliphatic rings. The van der Waals surface area contributed by atoms with E-state index in [-0.39, 0.29) is 5.41 Å². The van der Waals surface area contributed by atoms with Gasteiger partial charge in [0.1, 0.15) is 0 Å². The standard InChI is InChI=1S/C16H23F3/c1-14(2,3)10-11-7-8-12(16(17,18)19)9-13(11)15(4,5)6/h7-9H,10H2,1-6H3/i8D,9D. The van der Waals surface area contributed by atoms with Crippen LogP contribution in [0.25, 0.3) is 0 Å². The molecule has 108 valence electrons. The third kappa shape index (κ3) is 4.55. The Hall–Kier alpha value is -0.990. The average molecular weight is 274 g/mol. The van der Waals surface area contributed by atoms with Crippen molar-refractivity contribution < 1.29 is 15.9 Å². The van der Waals surface area contributed by atoms with Gasteiger partial charge in [-0.3, -0.25) is 0 Å². The van der Waals surface area contributed by atoms with Crippen LogP contribution in [0.4, 0.5) is 13.2 Å². The molecule has 0 saturated heterocycles. The molecule has 0 radical (unpaired) electrons. The van der Waals surface area contributed by atoms with Gasteiger partial charge in [-0.05, 0) is 40.5 Å². The third-order valence-corrected chi connectivity index (χ3v) is 2.72. The van der Waals surface area contributed by atoms with Crippen molar-refractivity contribution in [2.24, 2.45) is 5.41 Å². The van der Waals surface area contributed by atoms with Crippen LogP contribution >= 0.6 is 0 Å². The molecule has 0 aliphatic carbocycles. The highest BCUT2D eigenvalue weighted by Crippen LogP contribution is 2.36. The van der Waals surface area contributed by atoms with E-state index in [4.69, 9.17) is 2.74 Å². The highest BCUT2D eigenvalue weighted by molar-refractivity contribution is 5.38. The lowest BCUT2D eigenvalue weighted by atomic mass is 9.78. The second kappa shape index (κ2) is 4.84. The van der Waals surface area contributed by atoms with Crippen molar-refractivity contribution in [1.82, 2.24) is 0 Å². The molecule has 0 heterocycles. The minimum absolute atomic E-state index is 0.126. The van der Waals surface area contributed by atoms with E-state index in [2.05, 4.69) is 0 Å². The summed E-state index contributed by atoms with van der Waals surface area (Å²) in [6.07, 6.45) is -4.13. The molecular weight excluding hydrogens is 249 g/mol. The van der Waals surface area contributed by atoms with Crippen LogP contribution in [0, 0.1) is 5.41 Å². The Morgan fingerprint density at radius 1 is 1.05 bits per heavy atom. The SMILES string of the molecule is [2H]c1cc(CC(C)(C)C)c(C(C)(C)C)c([2H])c1C(F)(F)F. The predicted octanol–water partition coefficient (Wildman–Crippen LogP) is 5.59. The Kier molecular flexibility index (Phi) is 3.32. The van der Waals surface area contributed by atoms with Crippen LogP contribution in [0.3, 0.4) is 0 Å². The first kappa shape index (κ1) is 13.0. The second-order valence-corrected chi connectivity index (χ2v) is 7.17. The van der Waals surface area contributed by atoms with E-state index < -0.39 is 29.2 Å². The first-order valence-electron chi connectivity index (χ1n) is 7.35. The fourth-order valence-electron chi connectivity index (χ4n) is 2.01. The largest absolute Gasteiger partial charge is 0.416 e. The van der Waals surface area contributed by atoms with Crippen molar-refractivity contribution in [3.05, 3.63) is 34.8 Å². The van der Waals surface area contributed by atoms with E-state index in [0.717, 1.165) is 0 Å². The highest BCUT2D eigenvalue weighted by atomic mass is 19.4. The zero-order chi connectivity index (χ0) is 16.8. The lowest BCUT2D eigenvalue weighted by Gasteiger charge is -2.28. The van der Waals surface area contributed by atoms with Gasteiger partial charge in [-0.2, -0.15) is 13.2 Å². The Morgan fingerprint density at radius 3 is 1.95 bits per heavy atom. The van der Waals surface area contributed by atoms with Crippen molar-refractivity contribution in [2.45, 2.75) is 59.6 Å². The summed E-state index contributed by atoms with van der Waals surface area (Å²) >= 11 is 0. The molecule has 3 heteroatoms. The Labute approximate surface area is 116 Å². The molecule has 0 aliphatic heterocycles. The van der Waals surface area contributed by atoms with Crippen LogP contribution in [-0.4, -0.2) is 0 Å². The third-order valence-electron chi connectivity index (χ3n) is 2.72. The van der Waals surface area contributed by atoms with E-state index >= 15 is 0 Å².